The predicted octanol–water partition coefficient (Wildman–Crippen LogP) is 2.00. The molecule has 0 bridgehead atoms. The van der Waals surface area contributed by atoms with Crippen LogP contribution in [0, 0.1) is 17.2 Å². The first kappa shape index (κ1) is 11.1. The minimum Gasteiger partial charge on any atom is -0.312 e. The SMILES string of the molecule is N#CC(CNC1CC=CC1)C(F)(F)F. The molecule has 1 atom stereocenters. The van der Waals surface area contributed by atoms with E-state index in [1.54, 1.807) is 0 Å². The van der Waals surface area contributed by atoms with Gasteiger partial charge in [-0.05, 0) is 12.8 Å². The van der Waals surface area contributed by atoms with E-state index in [2.05, 4.69) is 5.32 Å². The average molecular weight is 204 g/mol. The Bertz CT molecular complexity index is 244. The van der Waals surface area contributed by atoms with Gasteiger partial charge in [0.1, 0.15) is 0 Å². The summed E-state index contributed by atoms with van der Waals surface area (Å²) < 4.78 is 36.3. The highest BCUT2D eigenvalue weighted by atomic mass is 19.4. The largest absolute Gasteiger partial charge is 0.405 e. The molecule has 78 valence electrons. The second-order valence-electron chi connectivity index (χ2n) is 3.27. The van der Waals surface area contributed by atoms with Crippen molar-refractivity contribution >= 4 is 0 Å². The summed E-state index contributed by atoms with van der Waals surface area (Å²) in [6.45, 7) is -0.313. The summed E-state index contributed by atoms with van der Waals surface area (Å²) in [5.74, 6) is -1.90. The summed E-state index contributed by atoms with van der Waals surface area (Å²) in [6, 6.07) is 1.32. The second kappa shape index (κ2) is 4.47. The first-order valence-corrected chi connectivity index (χ1v) is 4.38. The maximum Gasteiger partial charge on any atom is 0.405 e. The van der Waals surface area contributed by atoms with E-state index in [1.807, 2.05) is 12.2 Å². The smallest absolute Gasteiger partial charge is 0.312 e. The molecule has 0 aromatic carbocycles. The quantitative estimate of drug-likeness (QED) is 0.713. The van der Waals surface area contributed by atoms with Gasteiger partial charge >= 0.3 is 6.18 Å². The first-order valence-electron chi connectivity index (χ1n) is 4.38. The minimum absolute atomic E-state index is 0.0631. The van der Waals surface area contributed by atoms with E-state index in [4.69, 9.17) is 5.26 Å². The van der Waals surface area contributed by atoms with E-state index < -0.39 is 12.1 Å². The van der Waals surface area contributed by atoms with E-state index in [0.717, 1.165) is 12.8 Å². The maximum atomic E-state index is 12.1. The van der Waals surface area contributed by atoms with Gasteiger partial charge in [0.05, 0.1) is 6.07 Å². The van der Waals surface area contributed by atoms with Crippen molar-refractivity contribution in [2.24, 2.45) is 5.92 Å². The van der Waals surface area contributed by atoms with E-state index in [0.29, 0.717) is 0 Å². The van der Waals surface area contributed by atoms with Crippen molar-refractivity contribution in [3.8, 4) is 6.07 Å². The van der Waals surface area contributed by atoms with Gasteiger partial charge in [0, 0.05) is 12.6 Å². The minimum atomic E-state index is -4.42. The summed E-state index contributed by atoms with van der Waals surface area (Å²) in [5, 5.41) is 11.0. The number of nitriles is 1. The molecule has 0 spiro atoms. The van der Waals surface area contributed by atoms with Crippen molar-refractivity contribution in [3.05, 3.63) is 12.2 Å². The Hall–Kier alpha value is -1.02. The third-order valence-electron chi connectivity index (χ3n) is 2.17. The van der Waals surface area contributed by atoms with Crippen molar-refractivity contribution in [1.82, 2.24) is 5.32 Å². The van der Waals surface area contributed by atoms with Crippen LogP contribution in [0.5, 0.6) is 0 Å². The lowest BCUT2D eigenvalue weighted by molar-refractivity contribution is -0.157. The normalized spacial score (nSPS) is 19.6. The number of alkyl halides is 3. The summed E-state index contributed by atoms with van der Waals surface area (Å²) in [4.78, 5) is 0. The molecule has 0 aromatic rings. The Morgan fingerprint density at radius 1 is 1.43 bits per heavy atom. The molecule has 5 heteroatoms. The molecule has 0 saturated carbocycles. The fraction of sp³-hybridized carbons (Fsp3) is 0.667. The van der Waals surface area contributed by atoms with Gasteiger partial charge < -0.3 is 5.32 Å². The molecule has 1 unspecified atom stereocenters. The molecule has 1 aliphatic carbocycles. The highest BCUT2D eigenvalue weighted by molar-refractivity contribution is 4.99. The van der Waals surface area contributed by atoms with Crippen LogP contribution in [0.15, 0.2) is 12.2 Å². The van der Waals surface area contributed by atoms with Crippen LogP contribution in [0.2, 0.25) is 0 Å². The Morgan fingerprint density at radius 2 is 2.00 bits per heavy atom. The molecular formula is C9H11F3N2. The van der Waals surface area contributed by atoms with Crippen LogP contribution >= 0.6 is 0 Å². The van der Waals surface area contributed by atoms with Crippen molar-refractivity contribution < 1.29 is 13.2 Å². The van der Waals surface area contributed by atoms with Crippen LogP contribution in [-0.2, 0) is 0 Å². The molecule has 0 aliphatic heterocycles. The van der Waals surface area contributed by atoms with E-state index in [-0.39, 0.29) is 12.6 Å². The van der Waals surface area contributed by atoms with Crippen molar-refractivity contribution in [3.63, 3.8) is 0 Å². The first-order chi connectivity index (χ1) is 6.54. The van der Waals surface area contributed by atoms with E-state index in [9.17, 15) is 13.2 Å². The summed E-state index contributed by atoms with van der Waals surface area (Å²) in [6.07, 6.45) is 0.916. The van der Waals surface area contributed by atoms with Gasteiger partial charge in [-0.2, -0.15) is 18.4 Å². The third kappa shape index (κ3) is 3.04. The van der Waals surface area contributed by atoms with Gasteiger partial charge in [-0.15, -0.1) is 0 Å². The highest BCUT2D eigenvalue weighted by Gasteiger charge is 2.39. The van der Waals surface area contributed by atoms with Crippen LogP contribution in [0.4, 0.5) is 13.2 Å². The zero-order valence-electron chi connectivity index (χ0n) is 7.51. The molecular weight excluding hydrogens is 193 g/mol. The zero-order chi connectivity index (χ0) is 10.6. The number of nitrogens with one attached hydrogen (secondary N) is 1. The predicted molar refractivity (Wildman–Crippen MR) is 45.3 cm³/mol. The van der Waals surface area contributed by atoms with Gasteiger partial charge in [0.25, 0.3) is 0 Å². The van der Waals surface area contributed by atoms with Crippen LogP contribution in [0.3, 0.4) is 0 Å². The van der Waals surface area contributed by atoms with Crippen LogP contribution in [0.1, 0.15) is 12.8 Å². The average Bonchev–Trinajstić information content (AvgIpc) is 2.55. The lowest BCUT2D eigenvalue weighted by atomic mass is 10.1. The second-order valence-corrected chi connectivity index (χ2v) is 3.27. The number of hydrogen-bond donors (Lipinski definition) is 1. The lowest BCUT2D eigenvalue weighted by Crippen LogP contribution is -2.37. The molecule has 0 saturated heterocycles. The Balaban J connectivity index is 2.32. The Kier molecular flexibility index (Phi) is 3.53. The summed E-state index contributed by atoms with van der Waals surface area (Å²) >= 11 is 0. The van der Waals surface area contributed by atoms with Gasteiger partial charge in [-0.1, -0.05) is 12.2 Å². The number of halogens is 3. The summed E-state index contributed by atoms with van der Waals surface area (Å²) in [5.41, 5.74) is 0. The van der Waals surface area contributed by atoms with Crippen LogP contribution in [0.25, 0.3) is 0 Å². The standard InChI is InChI=1S/C9H11F3N2/c10-9(11,12)7(5-13)6-14-8-3-1-2-4-8/h1-2,7-8,14H,3-4,6H2. The number of rotatable bonds is 3. The van der Waals surface area contributed by atoms with Gasteiger partial charge in [-0.3, -0.25) is 0 Å². The van der Waals surface area contributed by atoms with Gasteiger partial charge in [-0.25, -0.2) is 0 Å². The zero-order valence-corrected chi connectivity index (χ0v) is 7.51. The maximum absolute atomic E-state index is 12.1. The molecule has 0 fully saturated rings. The lowest BCUT2D eigenvalue weighted by Gasteiger charge is -2.17. The van der Waals surface area contributed by atoms with Gasteiger partial charge in [0.2, 0.25) is 0 Å². The molecule has 14 heavy (non-hydrogen) atoms. The third-order valence-corrected chi connectivity index (χ3v) is 2.17. The Labute approximate surface area is 80.4 Å². The van der Waals surface area contributed by atoms with Crippen LogP contribution < -0.4 is 5.32 Å². The molecule has 2 nitrogen and oxygen atoms in total. The van der Waals surface area contributed by atoms with Crippen LogP contribution in [-0.4, -0.2) is 18.8 Å². The molecule has 1 rings (SSSR count). The molecule has 1 aliphatic rings. The molecule has 0 aromatic heterocycles. The topological polar surface area (TPSA) is 35.8 Å². The molecule has 0 amide bonds. The fourth-order valence-electron chi connectivity index (χ4n) is 1.30. The van der Waals surface area contributed by atoms with Crippen molar-refractivity contribution in [1.29, 1.82) is 5.26 Å². The molecule has 1 N–H and O–H groups in total. The highest BCUT2D eigenvalue weighted by Crippen LogP contribution is 2.25. The van der Waals surface area contributed by atoms with Crippen molar-refractivity contribution in [2.45, 2.75) is 25.1 Å². The van der Waals surface area contributed by atoms with E-state index >= 15 is 0 Å². The van der Waals surface area contributed by atoms with Crippen molar-refractivity contribution in [2.75, 3.05) is 6.54 Å². The van der Waals surface area contributed by atoms with Gasteiger partial charge in [0.15, 0.2) is 5.92 Å². The molecule has 0 heterocycles. The number of nitrogens with zero attached hydrogens (tertiary/aromatic N) is 1. The Morgan fingerprint density at radius 3 is 2.43 bits per heavy atom. The summed E-state index contributed by atoms with van der Waals surface area (Å²) in [7, 11) is 0. The van der Waals surface area contributed by atoms with E-state index in [1.165, 1.54) is 6.07 Å². The molecule has 0 radical (unpaired) electrons. The number of hydrogen-bond acceptors (Lipinski definition) is 2. The monoisotopic (exact) mass is 204 g/mol. The fourth-order valence-corrected chi connectivity index (χ4v) is 1.30.